The van der Waals surface area contributed by atoms with Gasteiger partial charge in [-0.15, -0.1) is 0 Å². The summed E-state index contributed by atoms with van der Waals surface area (Å²) in [4.78, 5) is 48.1. The van der Waals surface area contributed by atoms with Crippen molar-refractivity contribution in [2.75, 3.05) is 0 Å². The number of rotatable bonds is 6. The van der Waals surface area contributed by atoms with E-state index in [1.54, 1.807) is 6.08 Å². The van der Waals surface area contributed by atoms with Gasteiger partial charge in [0.15, 0.2) is 11.6 Å². The van der Waals surface area contributed by atoms with Crippen LogP contribution < -0.4 is 0 Å². The molecule has 34 heavy (non-hydrogen) atoms. The standard InChI is InChI=1S/C27H34O7/c1-16(28)34-13-8-22(30)19-15-17-14-18(29)4-9-25(17,2)20-5-10-26(3)21(24(19)20)6-11-27(26,33)12-7-23(31)32/h5,8,13-14,19,21,24,33H,4,6-7,9-12,15H2,1-3H3,(H,31,32)/b13-8-/t19?,21-,24+,25-,26-,27-/m0/s1. The summed E-state index contributed by atoms with van der Waals surface area (Å²) in [7, 11) is 0. The number of esters is 1. The third-order valence-corrected chi connectivity index (χ3v) is 9.30. The molecule has 0 heterocycles. The van der Waals surface area contributed by atoms with E-state index in [1.807, 2.05) is 6.92 Å². The maximum atomic E-state index is 13.4. The van der Waals surface area contributed by atoms with E-state index < -0.39 is 28.9 Å². The molecule has 0 radical (unpaired) electrons. The molecule has 0 bridgehead atoms. The maximum Gasteiger partial charge on any atom is 0.307 e. The smallest absolute Gasteiger partial charge is 0.307 e. The summed E-state index contributed by atoms with van der Waals surface area (Å²) in [6.45, 7) is 5.46. The van der Waals surface area contributed by atoms with Crippen LogP contribution in [0.3, 0.4) is 0 Å². The second kappa shape index (κ2) is 8.59. The summed E-state index contributed by atoms with van der Waals surface area (Å²) in [5, 5.41) is 20.9. The fraction of sp³-hybridized carbons (Fsp3) is 0.630. The molecule has 0 spiro atoms. The second-order valence-electron chi connectivity index (χ2n) is 11.0. The Balaban J connectivity index is 1.76. The van der Waals surface area contributed by atoms with E-state index in [1.165, 1.54) is 18.6 Å². The predicted molar refractivity (Wildman–Crippen MR) is 123 cm³/mol. The van der Waals surface area contributed by atoms with Crippen LogP contribution in [-0.4, -0.2) is 39.3 Å². The van der Waals surface area contributed by atoms with Crippen LogP contribution in [0.1, 0.15) is 72.1 Å². The molecule has 1 unspecified atom stereocenters. The predicted octanol–water partition coefficient (Wildman–Crippen LogP) is 3.91. The Morgan fingerprint density at radius 2 is 1.97 bits per heavy atom. The fourth-order valence-electron chi connectivity index (χ4n) is 7.29. The lowest BCUT2D eigenvalue weighted by Gasteiger charge is -2.57. The zero-order valence-corrected chi connectivity index (χ0v) is 20.1. The number of aliphatic carboxylic acids is 1. The highest BCUT2D eigenvalue weighted by molar-refractivity contribution is 5.95. The number of ketones is 2. The van der Waals surface area contributed by atoms with Gasteiger partial charge >= 0.3 is 11.9 Å². The van der Waals surface area contributed by atoms with Crippen LogP contribution >= 0.6 is 0 Å². The largest absolute Gasteiger partial charge is 0.481 e. The first-order chi connectivity index (χ1) is 15.9. The van der Waals surface area contributed by atoms with Crippen molar-refractivity contribution in [1.82, 2.24) is 0 Å². The maximum absolute atomic E-state index is 13.4. The Morgan fingerprint density at radius 3 is 2.65 bits per heavy atom. The van der Waals surface area contributed by atoms with Crippen molar-refractivity contribution in [3.63, 3.8) is 0 Å². The van der Waals surface area contributed by atoms with Crippen LogP contribution in [0.4, 0.5) is 0 Å². The van der Waals surface area contributed by atoms with E-state index in [2.05, 4.69) is 13.0 Å². The molecule has 0 saturated heterocycles. The van der Waals surface area contributed by atoms with Gasteiger partial charge in [0.2, 0.25) is 0 Å². The van der Waals surface area contributed by atoms with Crippen molar-refractivity contribution in [2.45, 2.75) is 77.7 Å². The summed E-state index contributed by atoms with van der Waals surface area (Å²) in [6, 6.07) is 0. The average molecular weight is 471 g/mol. The molecule has 4 aliphatic rings. The minimum absolute atomic E-state index is 0.0124. The molecule has 2 saturated carbocycles. The van der Waals surface area contributed by atoms with Crippen molar-refractivity contribution < 1.29 is 34.1 Å². The first-order valence-corrected chi connectivity index (χ1v) is 12.2. The van der Waals surface area contributed by atoms with Gasteiger partial charge in [0.05, 0.1) is 11.9 Å². The summed E-state index contributed by atoms with van der Waals surface area (Å²) in [5.74, 6) is -2.06. The quantitative estimate of drug-likeness (QED) is 0.262. The molecule has 184 valence electrons. The highest BCUT2D eigenvalue weighted by atomic mass is 16.5. The van der Waals surface area contributed by atoms with Crippen LogP contribution in [0.15, 0.2) is 35.6 Å². The zero-order chi connectivity index (χ0) is 24.9. The number of hydrogen-bond donors (Lipinski definition) is 2. The van der Waals surface area contributed by atoms with Gasteiger partial charge in [-0.2, -0.15) is 0 Å². The number of carbonyl (C=O) groups excluding carboxylic acids is 3. The molecule has 2 fully saturated rings. The molecule has 6 atom stereocenters. The Hall–Kier alpha value is -2.54. The Bertz CT molecular complexity index is 1020. The molecular weight excluding hydrogens is 436 g/mol. The fourth-order valence-corrected chi connectivity index (χ4v) is 7.29. The molecule has 0 aliphatic heterocycles. The van der Waals surface area contributed by atoms with Gasteiger partial charge in [-0.3, -0.25) is 19.2 Å². The number of carbonyl (C=O) groups is 4. The number of allylic oxidation sites excluding steroid dienone is 5. The van der Waals surface area contributed by atoms with Gasteiger partial charge in [-0.05, 0) is 56.4 Å². The van der Waals surface area contributed by atoms with Gasteiger partial charge in [-0.1, -0.05) is 31.1 Å². The molecule has 0 aromatic carbocycles. The molecule has 4 aliphatic carbocycles. The number of carboxylic acid groups (broad SMARTS) is 1. The molecule has 4 rings (SSSR count). The molecule has 2 N–H and O–H groups in total. The van der Waals surface area contributed by atoms with Gasteiger partial charge in [0, 0.05) is 42.6 Å². The van der Waals surface area contributed by atoms with E-state index in [4.69, 9.17) is 4.74 Å². The number of aliphatic hydroxyl groups is 1. The Labute approximate surface area is 199 Å². The van der Waals surface area contributed by atoms with Gasteiger partial charge in [-0.25, -0.2) is 0 Å². The minimum Gasteiger partial charge on any atom is -0.481 e. The summed E-state index contributed by atoms with van der Waals surface area (Å²) >= 11 is 0. The number of carboxylic acids is 1. The highest BCUT2D eigenvalue weighted by Crippen LogP contribution is 2.67. The first kappa shape index (κ1) is 24.6. The third kappa shape index (κ3) is 3.88. The SMILES string of the molecule is CC(=O)O/C=C\C(=O)C1CC2=CC(=O)CC[C@]2(C)C2=CC[C@@]3(C)[C@@H](CC[C@]3(O)CCC(=O)O)[C@@H]21. The van der Waals surface area contributed by atoms with E-state index in [-0.39, 0.29) is 41.7 Å². The van der Waals surface area contributed by atoms with Gasteiger partial charge in [0.25, 0.3) is 0 Å². The lowest BCUT2D eigenvalue weighted by atomic mass is 9.47. The number of hydrogen-bond acceptors (Lipinski definition) is 6. The zero-order valence-electron chi connectivity index (χ0n) is 20.1. The van der Waals surface area contributed by atoms with Crippen LogP contribution in [0, 0.1) is 28.6 Å². The highest BCUT2D eigenvalue weighted by Gasteiger charge is 2.63. The van der Waals surface area contributed by atoms with Crippen LogP contribution in [0.25, 0.3) is 0 Å². The topological polar surface area (TPSA) is 118 Å². The summed E-state index contributed by atoms with van der Waals surface area (Å²) in [6.07, 6.45) is 9.84. The van der Waals surface area contributed by atoms with E-state index >= 15 is 0 Å². The monoisotopic (exact) mass is 470 g/mol. The van der Waals surface area contributed by atoms with Crippen LogP contribution in [0.2, 0.25) is 0 Å². The molecular formula is C27H34O7. The van der Waals surface area contributed by atoms with E-state index in [9.17, 15) is 29.4 Å². The number of ether oxygens (including phenoxy) is 1. The van der Waals surface area contributed by atoms with Crippen molar-refractivity contribution in [3.8, 4) is 0 Å². The van der Waals surface area contributed by atoms with Crippen molar-refractivity contribution in [2.24, 2.45) is 28.6 Å². The van der Waals surface area contributed by atoms with Crippen LogP contribution in [-0.2, 0) is 23.9 Å². The van der Waals surface area contributed by atoms with E-state index in [0.29, 0.717) is 38.5 Å². The molecule has 0 amide bonds. The van der Waals surface area contributed by atoms with Crippen molar-refractivity contribution in [1.29, 1.82) is 0 Å². The summed E-state index contributed by atoms with van der Waals surface area (Å²) in [5.41, 5.74) is 0.197. The lowest BCUT2D eigenvalue weighted by Crippen LogP contribution is -2.53. The average Bonchev–Trinajstić information content (AvgIpc) is 3.03. The second-order valence-corrected chi connectivity index (χ2v) is 11.0. The Morgan fingerprint density at radius 1 is 1.24 bits per heavy atom. The molecule has 0 aromatic heterocycles. The summed E-state index contributed by atoms with van der Waals surface area (Å²) < 4.78 is 4.86. The lowest BCUT2D eigenvalue weighted by molar-refractivity contribution is -0.141. The molecule has 0 aromatic rings. The van der Waals surface area contributed by atoms with Gasteiger partial charge in [0.1, 0.15) is 0 Å². The van der Waals surface area contributed by atoms with Crippen LogP contribution in [0.5, 0.6) is 0 Å². The minimum atomic E-state index is -1.11. The van der Waals surface area contributed by atoms with Crippen molar-refractivity contribution in [3.05, 3.63) is 35.6 Å². The Kier molecular flexibility index (Phi) is 6.21. The number of fused-ring (bicyclic) bond motifs is 5. The van der Waals surface area contributed by atoms with Gasteiger partial charge < -0.3 is 14.9 Å². The molecule has 7 heteroatoms. The first-order valence-electron chi connectivity index (χ1n) is 12.2. The normalized spacial score (nSPS) is 38.9. The third-order valence-electron chi connectivity index (χ3n) is 9.30. The van der Waals surface area contributed by atoms with E-state index in [0.717, 1.165) is 11.8 Å². The van der Waals surface area contributed by atoms with Crippen molar-refractivity contribution >= 4 is 23.5 Å². The molecule has 7 nitrogen and oxygen atoms in total.